The minimum atomic E-state index is 0.856. The van der Waals surface area contributed by atoms with Crippen LogP contribution in [0.3, 0.4) is 0 Å². The number of halogens is 1. The van der Waals surface area contributed by atoms with E-state index in [-0.39, 0.29) is 0 Å². The Morgan fingerprint density at radius 2 is 1.94 bits per heavy atom. The number of benzene rings is 1. The molecule has 0 nitrogen and oxygen atoms in total. The van der Waals surface area contributed by atoms with Crippen LogP contribution in [-0.4, -0.2) is 0 Å². The van der Waals surface area contributed by atoms with Gasteiger partial charge in [-0.3, -0.25) is 0 Å². The fourth-order valence-corrected chi connectivity index (χ4v) is 1.79. The second-order valence-corrected chi connectivity index (χ2v) is 4.17. The minimum absolute atomic E-state index is 0.856. The van der Waals surface area contributed by atoms with Crippen molar-refractivity contribution in [3.8, 4) is 0 Å². The van der Waals surface area contributed by atoms with Gasteiger partial charge in [0.1, 0.15) is 0 Å². The van der Waals surface area contributed by atoms with Crippen molar-refractivity contribution in [2.24, 2.45) is 0 Å². The van der Waals surface area contributed by atoms with Crippen molar-refractivity contribution in [2.45, 2.75) is 33.1 Å². The maximum absolute atomic E-state index is 6.15. The van der Waals surface area contributed by atoms with Gasteiger partial charge in [0.05, 0.1) is 0 Å². The van der Waals surface area contributed by atoms with Gasteiger partial charge in [0.2, 0.25) is 0 Å². The molecule has 1 aromatic carbocycles. The Morgan fingerprint density at radius 3 is 2.56 bits per heavy atom. The normalized spacial score (nSPS) is 12.3. The van der Waals surface area contributed by atoms with Crippen molar-refractivity contribution in [1.29, 1.82) is 0 Å². The molecule has 0 atom stereocenters. The summed E-state index contributed by atoms with van der Waals surface area (Å²) >= 11 is 6.15. The van der Waals surface area contributed by atoms with E-state index in [4.69, 9.17) is 11.6 Å². The highest BCUT2D eigenvalue weighted by Gasteiger charge is 2.00. The third-order valence-corrected chi connectivity index (χ3v) is 2.76. The molecular weight excluding hydrogens is 216 g/mol. The highest BCUT2D eigenvalue weighted by atomic mass is 35.5. The number of hydrogen-bond donors (Lipinski definition) is 0. The van der Waals surface area contributed by atoms with Crippen LogP contribution in [0.1, 0.15) is 32.3 Å². The van der Waals surface area contributed by atoms with Crippen LogP contribution in [0.4, 0.5) is 0 Å². The zero-order chi connectivity index (χ0) is 11.8. The van der Waals surface area contributed by atoms with Gasteiger partial charge in [-0.05, 0) is 36.5 Å². The minimum Gasteiger partial charge on any atom is -0.0845 e. The van der Waals surface area contributed by atoms with E-state index >= 15 is 0 Å². The molecule has 0 radical (unpaired) electrons. The molecule has 1 rings (SSSR count). The molecule has 86 valence electrons. The number of rotatable bonds is 5. The monoisotopic (exact) mass is 234 g/mol. The van der Waals surface area contributed by atoms with Gasteiger partial charge in [-0.25, -0.2) is 0 Å². The van der Waals surface area contributed by atoms with Crippen LogP contribution in [-0.2, 0) is 6.42 Å². The molecule has 0 aliphatic heterocycles. The fourth-order valence-electron chi connectivity index (χ4n) is 1.59. The average Bonchev–Trinajstić information content (AvgIpc) is 2.29. The van der Waals surface area contributed by atoms with E-state index in [9.17, 15) is 0 Å². The van der Waals surface area contributed by atoms with E-state index in [1.807, 2.05) is 18.2 Å². The summed E-state index contributed by atoms with van der Waals surface area (Å²) in [7, 11) is 0. The molecule has 0 saturated carbocycles. The van der Waals surface area contributed by atoms with Gasteiger partial charge < -0.3 is 0 Å². The summed E-state index contributed by atoms with van der Waals surface area (Å²) < 4.78 is 0. The molecule has 0 fully saturated rings. The van der Waals surface area contributed by atoms with E-state index in [1.165, 1.54) is 11.1 Å². The van der Waals surface area contributed by atoms with Crippen molar-refractivity contribution in [1.82, 2.24) is 0 Å². The standard InChI is InChI=1S/C15H19Cl/c1-3-5-9-13(8-4-2)12-14-10-6-7-11-15(14)16/h5-11H,3-4,12H2,1-2H3/b9-5-,13-8+. The first-order valence-electron chi connectivity index (χ1n) is 5.86. The van der Waals surface area contributed by atoms with Gasteiger partial charge in [0.15, 0.2) is 0 Å². The summed E-state index contributed by atoms with van der Waals surface area (Å²) in [6.45, 7) is 4.31. The molecule has 0 aliphatic rings. The molecule has 0 N–H and O–H groups in total. The third-order valence-electron chi connectivity index (χ3n) is 2.39. The first kappa shape index (κ1) is 13.1. The van der Waals surface area contributed by atoms with E-state index in [0.717, 1.165) is 24.3 Å². The second-order valence-electron chi connectivity index (χ2n) is 3.77. The molecule has 0 heterocycles. The summed E-state index contributed by atoms with van der Waals surface area (Å²) in [5.74, 6) is 0. The number of hydrogen-bond acceptors (Lipinski definition) is 0. The zero-order valence-corrected chi connectivity index (χ0v) is 10.8. The summed E-state index contributed by atoms with van der Waals surface area (Å²) in [6, 6.07) is 8.04. The molecule has 0 bridgehead atoms. The van der Waals surface area contributed by atoms with Crippen LogP contribution in [0.2, 0.25) is 5.02 Å². The van der Waals surface area contributed by atoms with Crippen LogP contribution in [0.15, 0.2) is 48.1 Å². The van der Waals surface area contributed by atoms with Crippen LogP contribution in [0.25, 0.3) is 0 Å². The van der Waals surface area contributed by atoms with Gasteiger partial charge in [-0.15, -0.1) is 0 Å². The Kier molecular flexibility index (Phi) is 5.95. The summed E-state index contributed by atoms with van der Waals surface area (Å²) in [6.07, 6.45) is 9.71. The maximum atomic E-state index is 6.15. The van der Waals surface area contributed by atoms with Crippen molar-refractivity contribution in [3.63, 3.8) is 0 Å². The van der Waals surface area contributed by atoms with Gasteiger partial charge >= 0.3 is 0 Å². The topological polar surface area (TPSA) is 0 Å². The van der Waals surface area contributed by atoms with E-state index in [0.29, 0.717) is 0 Å². The highest BCUT2D eigenvalue weighted by molar-refractivity contribution is 6.31. The van der Waals surface area contributed by atoms with Crippen LogP contribution in [0, 0.1) is 0 Å². The Balaban J connectivity index is 2.80. The molecule has 1 aromatic rings. The maximum Gasteiger partial charge on any atom is 0.0441 e. The van der Waals surface area contributed by atoms with Gasteiger partial charge in [0, 0.05) is 5.02 Å². The molecule has 0 unspecified atom stereocenters. The smallest absolute Gasteiger partial charge is 0.0441 e. The van der Waals surface area contributed by atoms with Crippen LogP contribution < -0.4 is 0 Å². The Hall–Kier alpha value is -1.01. The summed E-state index contributed by atoms with van der Waals surface area (Å²) in [5, 5.41) is 0.856. The Morgan fingerprint density at radius 1 is 1.19 bits per heavy atom. The SMILES string of the molecule is CC/C=C\C(=C/CC)Cc1ccccc1Cl. The summed E-state index contributed by atoms with van der Waals surface area (Å²) in [4.78, 5) is 0. The molecular formula is C15H19Cl. The third kappa shape index (κ3) is 4.24. The van der Waals surface area contributed by atoms with Crippen molar-refractivity contribution >= 4 is 11.6 Å². The highest BCUT2D eigenvalue weighted by Crippen LogP contribution is 2.19. The van der Waals surface area contributed by atoms with Crippen molar-refractivity contribution in [3.05, 3.63) is 58.7 Å². The molecule has 0 aliphatic carbocycles. The van der Waals surface area contributed by atoms with Crippen LogP contribution in [0.5, 0.6) is 0 Å². The van der Waals surface area contributed by atoms with Gasteiger partial charge in [-0.1, -0.05) is 61.9 Å². The molecule has 0 amide bonds. The molecule has 16 heavy (non-hydrogen) atoms. The van der Waals surface area contributed by atoms with Gasteiger partial charge in [0.25, 0.3) is 0 Å². The lowest BCUT2D eigenvalue weighted by Gasteiger charge is -2.05. The van der Waals surface area contributed by atoms with E-state index < -0.39 is 0 Å². The lowest BCUT2D eigenvalue weighted by atomic mass is 10.0. The second kappa shape index (κ2) is 7.29. The largest absolute Gasteiger partial charge is 0.0845 e. The molecule has 1 heteroatoms. The zero-order valence-electron chi connectivity index (χ0n) is 10.0. The predicted molar refractivity (Wildman–Crippen MR) is 73.0 cm³/mol. The number of allylic oxidation sites excluding steroid dienone is 4. The Labute approximate surface area is 104 Å². The molecule has 0 saturated heterocycles. The molecule has 0 aromatic heterocycles. The Bertz CT molecular complexity index is 375. The lowest BCUT2D eigenvalue weighted by Crippen LogP contribution is -1.89. The quantitative estimate of drug-likeness (QED) is 0.616. The summed E-state index contributed by atoms with van der Waals surface area (Å²) in [5.41, 5.74) is 2.54. The van der Waals surface area contributed by atoms with E-state index in [2.05, 4.69) is 38.1 Å². The van der Waals surface area contributed by atoms with Crippen LogP contribution >= 0.6 is 11.6 Å². The van der Waals surface area contributed by atoms with Gasteiger partial charge in [-0.2, -0.15) is 0 Å². The average molecular weight is 235 g/mol. The first-order valence-corrected chi connectivity index (χ1v) is 6.24. The van der Waals surface area contributed by atoms with E-state index in [1.54, 1.807) is 0 Å². The lowest BCUT2D eigenvalue weighted by molar-refractivity contribution is 1.12. The van der Waals surface area contributed by atoms with Crippen molar-refractivity contribution in [2.75, 3.05) is 0 Å². The van der Waals surface area contributed by atoms with Crippen molar-refractivity contribution < 1.29 is 0 Å². The molecule has 0 spiro atoms. The first-order chi connectivity index (χ1) is 7.77. The predicted octanol–water partition coefficient (Wildman–Crippen LogP) is 5.19. The fraction of sp³-hybridized carbons (Fsp3) is 0.333.